The molecule has 0 aromatic heterocycles. The number of aliphatic hydroxyl groups excluding tert-OH is 1. The van der Waals surface area contributed by atoms with Crippen molar-refractivity contribution >= 4 is 0 Å². The lowest BCUT2D eigenvalue weighted by molar-refractivity contribution is 0.0130. The van der Waals surface area contributed by atoms with Gasteiger partial charge in [-0.3, -0.25) is 0 Å². The molecule has 2 N–H and O–H groups in total. The molecule has 0 aromatic rings. The van der Waals surface area contributed by atoms with Gasteiger partial charge in [0.05, 0.1) is 6.10 Å². The van der Waals surface area contributed by atoms with Gasteiger partial charge < -0.3 is 15.2 Å². The van der Waals surface area contributed by atoms with Gasteiger partial charge in [-0.05, 0) is 56.5 Å². The maximum absolute atomic E-state index is 8.82. The first-order valence-corrected chi connectivity index (χ1v) is 6.76. The third-order valence-electron chi connectivity index (χ3n) is 4.37. The van der Waals surface area contributed by atoms with Crippen LogP contribution >= 0.6 is 0 Å². The molecule has 4 atom stereocenters. The number of rotatable bonds is 4. The molecule has 0 spiro atoms. The third kappa shape index (κ3) is 2.76. The van der Waals surface area contributed by atoms with Gasteiger partial charge in [-0.25, -0.2) is 0 Å². The minimum absolute atomic E-state index is 0.314. The zero-order valence-corrected chi connectivity index (χ0v) is 10.3. The van der Waals surface area contributed by atoms with Gasteiger partial charge >= 0.3 is 0 Å². The van der Waals surface area contributed by atoms with E-state index in [0.717, 1.165) is 37.7 Å². The van der Waals surface area contributed by atoms with Gasteiger partial charge in [-0.1, -0.05) is 6.92 Å². The summed E-state index contributed by atoms with van der Waals surface area (Å²) >= 11 is 0. The molecule has 3 nitrogen and oxygen atoms in total. The van der Waals surface area contributed by atoms with E-state index in [1.165, 1.54) is 19.5 Å². The molecule has 0 amide bonds. The fourth-order valence-electron chi connectivity index (χ4n) is 3.29. The van der Waals surface area contributed by atoms with Gasteiger partial charge in [0, 0.05) is 13.2 Å². The van der Waals surface area contributed by atoms with Crippen LogP contribution in [0, 0.1) is 17.8 Å². The molecule has 2 aliphatic rings. The van der Waals surface area contributed by atoms with Crippen LogP contribution in [0.4, 0.5) is 0 Å². The van der Waals surface area contributed by atoms with E-state index < -0.39 is 0 Å². The van der Waals surface area contributed by atoms with Crippen LogP contribution in [0.5, 0.6) is 0 Å². The Morgan fingerprint density at radius 2 is 2.19 bits per heavy atom. The summed E-state index contributed by atoms with van der Waals surface area (Å²) in [6, 6.07) is 0. The van der Waals surface area contributed by atoms with E-state index in [4.69, 9.17) is 9.84 Å². The molecule has 16 heavy (non-hydrogen) atoms. The number of nitrogens with one attached hydrogen (secondary N) is 1. The Labute approximate surface area is 98.6 Å². The summed E-state index contributed by atoms with van der Waals surface area (Å²) in [4.78, 5) is 0. The second-order valence-electron chi connectivity index (χ2n) is 5.36. The van der Waals surface area contributed by atoms with Crippen molar-refractivity contribution in [3.63, 3.8) is 0 Å². The molecule has 0 saturated carbocycles. The van der Waals surface area contributed by atoms with Gasteiger partial charge in [0.1, 0.15) is 0 Å². The van der Waals surface area contributed by atoms with Crippen molar-refractivity contribution in [1.29, 1.82) is 0 Å². The molecule has 0 bridgehead atoms. The lowest BCUT2D eigenvalue weighted by Crippen LogP contribution is -2.29. The Kier molecular flexibility index (Phi) is 4.62. The minimum Gasteiger partial charge on any atom is -0.396 e. The zero-order valence-electron chi connectivity index (χ0n) is 10.3. The van der Waals surface area contributed by atoms with Crippen molar-refractivity contribution in [1.82, 2.24) is 5.32 Å². The summed E-state index contributed by atoms with van der Waals surface area (Å²) in [5, 5.41) is 12.3. The highest BCUT2D eigenvalue weighted by Gasteiger charge is 2.37. The maximum Gasteiger partial charge on any atom is 0.0603 e. The van der Waals surface area contributed by atoms with Crippen LogP contribution < -0.4 is 5.32 Å². The van der Waals surface area contributed by atoms with Gasteiger partial charge in [0.15, 0.2) is 0 Å². The highest BCUT2D eigenvalue weighted by molar-refractivity contribution is 4.89. The van der Waals surface area contributed by atoms with Crippen molar-refractivity contribution in [2.24, 2.45) is 17.8 Å². The molecule has 0 aliphatic carbocycles. The highest BCUT2D eigenvalue weighted by atomic mass is 16.5. The van der Waals surface area contributed by atoms with Crippen molar-refractivity contribution in [3.05, 3.63) is 0 Å². The molecule has 0 radical (unpaired) electrons. The van der Waals surface area contributed by atoms with Crippen LogP contribution in [0.1, 0.15) is 32.6 Å². The van der Waals surface area contributed by atoms with E-state index in [1.54, 1.807) is 0 Å². The fraction of sp³-hybridized carbons (Fsp3) is 1.00. The predicted molar refractivity (Wildman–Crippen MR) is 64.3 cm³/mol. The van der Waals surface area contributed by atoms with Gasteiger partial charge in [-0.15, -0.1) is 0 Å². The van der Waals surface area contributed by atoms with E-state index in [9.17, 15) is 0 Å². The predicted octanol–water partition coefficient (Wildman–Crippen LogP) is 1.41. The lowest BCUT2D eigenvalue weighted by Gasteiger charge is -2.27. The quantitative estimate of drug-likeness (QED) is 0.714. The monoisotopic (exact) mass is 227 g/mol. The van der Waals surface area contributed by atoms with Crippen molar-refractivity contribution in [2.45, 2.75) is 38.7 Å². The first-order chi connectivity index (χ1) is 7.83. The number of fused-ring (bicyclic) bond motifs is 1. The van der Waals surface area contributed by atoms with E-state index >= 15 is 0 Å². The number of aliphatic hydroxyl groups is 1. The minimum atomic E-state index is 0.314. The Balaban J connectivity index is 1.87. The molecule has 94 valence electrons. The largest absolute Gasteiger partial charge is 0.396 e. The van der Waals surface area contributed by atoms with Crippen molar-refractivity contribution in [3.8, 4) is 0 Å². The summed E-state index contributed by atoms with van der Waals surface area (Å²) in [7, 11) is 0. The van der Waals surface area contributed by atoms with Crippen LogP contribution in [0.2, 0.25) is 0 Å². The molecule has 2 rings (SSSR count). The Morgan fingerprint density at radius 1 is 1.31 bits per heavy atom. The molecule has 2 aliphatic heterocycles. The standard InChI is InChI=1S/C13H25NO2/c1-10-12-9-14-8-11(12)5-7-16-13(10)4-2-3-6-15/h10-15H,2-9H2,1H3. The SMILES string of the molecule is CC1C(CCCCO)OCCC2CNCC21. The van der Waals surface area contributed by atoms with Crippen molar-refractivity contribution in [2.75, 3.05) is 26.3 Å². The normalized spacial score (nSPS) is 39.4. The second-order valence-corrected chi connectivity index (χ2v) is 5.36. The smallest absolute Gasteiger partial charge is 0.0603 e. The van der Waals surface area contributed by atoms with Crippen LogP contribution in [0.15, 0.2) is 0 Å². The molecule has 4 unspecified atom stereocenters. The molecule has 3 heteroatoms. The lowest BCUT2D eigenvalue weighted by atomic mass is 9.80. The average molecular weight is 227 g/mol. The number of hydrogen-bond donors (Lipinski definition) is 2. The van der Waals surface area contributed by atoms with E-state index in [0.29, 0.717) is 18.6 Å². The summed E-state index contributed by atoms with van der Waals surface area (Å²) in [5.74, 6) is 2.31. The molecular weight excluding hydrogens is 202 g/mol. The van der Waals surface area contributed by atoms with E-state index in [1.807, 2.05) is 0 Å². The van der Waals surface area contributed by atoms with Crippen LogP contribution in [-0.2, 0) is 4.74 Å². The fourth-order valence-corrected chi connectivity index (χ4v) is 3.29. The van der Waals surface area contributed by atoms with E-state index in [-0.39, 0.29) is 0 Å². The maximum atomic E-state index is 8.82. The number of unbranched alkanes of at least 4 members (excludes halogenated alkanes) is 1. The van der Waals surface area contributed by atoms with E-state index in [2.05, 4.69) is 12.2 Å². The summed E-state index contributed by atoms with van der Waals surface area (Å²) < 4.78 is 5.99. The molecule has 0 aromatic carbocycles. The first kappa shape index (κ1) is 12.3. The summed E-state index contributed by atoms with van der Waals surface area (Å²) in [5.41, 5.74) is 0. The Morgan fingerprint density at radius 3 is 3.00 bits per heavy atom. The van der Waals surface area contributed by atoms with Gasteiger partial charge in [0.25, 0.3) is 0 Å². The zero-order chi connectivity index (χ0) is 11.4. The second kappa shape index (κ2) is 5.99. The third-order valence-corrected chi connectivity index (χ3v) is 4.37. The van der Waals surface area contributed by atoms with Gasteiger partial charge in [0.2, 0.25) is 0 Å². The summed E-state index contributed by atoms with van der Waals surface area (Å²) in [6.45, 7) is 5.94. The average Bonchev–Trinajstić information content (AvgIpc) is 2.69. The van der Waals surface area contributed by atoms with Crippen LogP contribution in [0.25, 0.3) is 0 Å². The van der Waals surface area contributed by atoms with Crippen molar-refractivity contribution < 1.29 is 9.84 Å². The van der Waals surface area contributed by atoms with Gasteiger partial charge in [-0.2, -0.15) is 0 Å². The van der Waals surface area contributed by atoms with Crippen LogP contribution in [-0.4, -0.2) is 37.5 Å². The molecule has 2 saturated heterocycles. The summed E-state index contributed by atoms with van der Waals surface area (Å²) in [6.07, 6.45) is 4.76. The first-order valence-electron chi connectivity index (χ1n) is 6.76. The topological polar surface area (TPSA) is 41.5 Å². The molecule has 2 fully saturated rings. The highest BCUT2D eigenvalue weighted by Crippen LogP contribution is 2.35. The molecular formula is C13H25NO2. The molecule has 2 heterocycles. The Bertz CT molecular complexity index is 210. The number of hydrogen-bond acceptors (Lipinski definition) is 3. The Hall–Kier alpha value is -0.120. The van der Waals surface area contributed by atoms with Crippen LogP contribution in [0.3, 0.4) is 0 Å². The number of ether oxygens (including phenoxy) is 1.